The fourth-order valence-electron chi connectivity index (χ4n) is 3.14. The molecule has 1 N–H and O–H groups in total. The predicted molar refractivity (Wildman–Crippen MR) is 82.6 cm³/mol. The van der Waals surface area contributed by atoms with Gasteiger partial charge < -0.3 is 9.88 Å². The molecule has 0 spiro atoms. The third-order valence-corrected chi connectivity index (χ3v) is 4.17. The summed E-state index contributed by atoms with van der Waals surface area (Å²) in [6.45, 7) is 0.953. The molecular formula is C17H12F3N3O. The summed E-state index contributed by atoms with van der Waals surface area (Å²) in [5.74, 6) is -4.18. The maximum Gasteiger partial charge on any atom is 0.252 e. The number of halogens is 3. The summed E-state index contributed by atoms with van der Waals surface area (Å²) >= 11 is 0. The molecule has 0 radical (unpaired) electrons. The van der Waals surface area contributed by atoms with Crippen molar-refractivity contribution in [2.75, 3.05) is 11.9 Å². The lowest BCUT2D eigenvalue weighted by Gasteiger charge is -2.19. The van der Waals surface area contributed by atoms with Gasteiger partial charge in [0.1, 0.15) is 11.3 Å². The Labute approximate surface area is 134 Å². The van der Waals surface area contributed by atoms with Crippen LogP contribution in [0.25, 0.3) is 10.9 Å². The first-order valence-electron chi connectivity index (χ1n) is 7.50. The van der Waals surface area contributed by atoms with Crippen molar-refractivity contribution in [1.82, 2.24) is 9.55 Å². The average molecular weight is 331 g/mol. The second-order valence-corrected chi connectivity index (χ2v) is 5.58. The minimum atomic E-state index is -1.55. The Balaban J connectivity index is 2.10. The Morgan fingerprint density at radius 3 is 2.62 bits per heavy atom. The van der Waals surface area contributed by atoms with Crippen molar-refractivity contribution in [3.05, 3.63) is 59.2 Å². The first kappa shape index (κ1) is 14.7. The molecule has 1 aliphatic rings. The third-order valence-electron chi connectivity index (χ3n) is 4.17. The molecule has 7 heteroatoms. The van der Waals surface area contributed by atoms with Crippen molar-refractivity contribution in [1.29, 1.82) is 0 Å². The molecule has 1 aliphatic heterocycles. The summed E-state index contributed by atoms with van der Waals surface area (Å²) in [6, 6.07) is 8.24. The molecule has 0 atom stereocenters. The topological polar surface area (TPSA) is 46.9 Å². The van der Waals surface area contributed by atoms with Gasteiger partial charge in [0.25, 0.3) is 5.95 Å². The van der Waals surface area contributed by atoms with Crippen LogP contribution in [-0.2, 0) is 6.54 Å². The van der Waals surface area contributed by atoms with Gasteiger partial charge in [-0.25, -0.2) is 4.39 Å². The first-order chi connectivity index (χ1) is 11.6. The number of benzene rings is 1. The highest BCUT2D eigenvalue weighted by atomic mass is 19.2. The Morgan fingerprint density at radius 1 is 1.12 bits per heavy atom. The van der Waals surface area contributed by atoms with Gasteiger partial charge in [0.2, 0.25) is 5.95 Å². The second-order valence-electron chi connectivity index (χ2n) is 5.58. The Morgan fingerprint density at radius 2 is 1.88 bits per heavy atom. The summed E-state index contributed by atoms with van der Waals surface area (Å²) in [4.78, 5) is 15.9. The van der Waals surface area contributed by atoms with Crippen molar-refractivity contribution >= 4 is 22.5 Å². The number of aryl methyl sites for hydroxylation is 1. The number of hydrogen-bond acceptors (Lipinski definition) is 3. The average Bonchev–Trinajstić information content (AvgIpc) is 2.95. The number of hydrogen-bond donors (Lipinski definition) is 1. The zero-order chi connectivity index (χ0) is 16.8. The number of nitrogens with one attached hydrogen (secondary N) is 1. The number of nitrogens with zero attached hydrogens (tertiary/aromatic N) is 2. The van der Waals surface area contributed by atoms with Gasteiger partial charge in [-0.2, -0.15) is 13.8 Å². The van der Waals surface area contributed by atoms with E-state index in [-0.39, 0.29) is 16.5 Å². The number of ketones is 1. The molecule has 122 valence electrons. The van der Waals surface area contributed by atoms with Crippen LogP contribution in [0.15, 0.2) is 30.3 Å². The molecule has 0 saturated heterocycles. The number of carbonyl (C=O) groups is 1. The summed E-state index contributed by atoms with van der Waals surface area (Å²) in [6.07, 6.45) is 0.675. The van der Waals surface area contributed by atoms with E-state index in [9.17, 15) is 18.0 Å². The van der Waals surface area contributed by atoms with Crippen molar-refractivity contribution < 1.29 is 18.0 Å². The van der Waals surface area contributed by atoms with Gasteiger partial charge in [-0.05, 0) is 6.42 Å². The molecule has 3 aromatic rings. The number of rotatable bonds is 2. The Kier molecular flexibility index (Phi) is 3.30. The molecule has 0 aliphatic carbocycles. The van der Waals surface area contributed by atoms with Gasteiger partial charge in [0.05, 0.1) is 10.9 Å². The lowest BCUT2D eigenvalue weighted by Crippen LogP contribution is -2.19. The van der Waals surface area contributed by atoms with E-state index in [1.54, 1.807) is 30.3 Å². The normalized spacial score (nSPS) is 13.6. The molecular weight excluding hydrogens is 319 g/mol. The van der Waals surface area contributed by atoms with Crippen molar-refractivity contribution in [3.8, 4) is 0 Å². The number of anilines is 1. The fraction of sp³-hybridized carbons (Fsp3) is 0.176. The van der Waals surface area contributed by atoms with Crippen molar-refractivity contribution in [2.45, 2.75) is 13.0 Å². The van der Waals surface area contributed by atoms with E-state index in [0.717, 1.165) is 0 Å². The minimum absolute atomic E-state index is 0.0615. The maximum atomic E-state index is 14.4. The zero-order valence-corrected chi connectivity index (χ0v) is 12.4. The Hall–Kier alpha value is -2.83. The van der Waals surface area contributed by atoms with E-state index in [0.29, 0.717) is 30.9 Å². The van der Waals surface area contributed by atoms with Crippen LogP contribution in [0.1, 0.15) is 22.3 Å². The van der Waals surface area contributed by atoms with Crippen LogP contribution < -0.4 is 5.32 Å². The molecule has 4 rings (SSSR count). The van der Waals surface area contributed by atoms with Crippen LogP contribution in [0.4, 0.5) is 19.0 Å². The van der Waals surface area contributed by atoms with Gasteiger partial charge in [-0.3, -0.25) is 4.79 Å². The highest BCUT2D eigenvalue weighted by Gasteiger charge is 2.31. The van der Waals surface area contributed by atoms with Gasteiger partial charge in [0.15, 0.2) is 11.6 Å². The van der Waals surface area contributed by atoms with Crippen LogP contribution in [-0.4, -0.2) is 21.9 Å². The molecule has 1 aromatic carbocycles. The van der Waals surface area contributed by atoms with Crippen LogP contribution in [0.3, 0.4) is 0 Å². The summed E-state index contributed by atoms with van der Waals surface area (Å²) in [7, 11) is 0. The molecule has 0 unspecified atom stereocenters. The standard InChI is InChI=1S/C17H12F3N3O/c18-12-10-11(14(24)9-5-2-1-3-6-9)17-21-7-4-8-23(17)13(10)16(20)22-15(12)19/h1-3,5-6,21H,4,7-8H2. The molecule has 0 bridgehead atoms. The van der Waals surface area contributed by atoms with E-state index in [2.05, 4.69) is 10.3 Å². The smallest absolute Gasteiger partial charge is 0.252 e. The Bertz CT molecular complexity index is 967. The van der Waals surface area contributed by atoms with Crippen molar-refractivity contribution in [3.63, 3.8) is 0 Å². The number of pyridine rings is 1. The molecule has 3 heterocycles. The molecule has 2 aromatic heterocycles. The molecule has 24 heavy (non-hydrogen) atoms. The minimum Gasteiger partial charge on any atom is -0.371 e. The van der Waals surface area contributed by atoms with Gasteiger partial charge >= 0.3 is 0 Å². The quantitative estimate of drug-likeness (QED) is 0.577. The predicted octanol–water partition coefficient (Wildman–Crippen LogP) is 3.50. The maximum absolute atomic E-state index is 14.4. The highest BCUT2D eigenvalue weighted by Crippen LogP contribution is 2.37. The summed E-state index contributed by atoms with van der Waals surface area (Å²) < 4.78 is 43.7. The van der Waals surface area contributed by atoms with Crippen molar-refractivity contribution in [2.24, 2.45) is 0 Å². The summed E-state index contributed by atoms with van der Waals surface area (Å²) in [5.41, 5.74) is 0.0705. The van der Waals surface area contributed by atoms with Gasteiger partial charge in [-0.15, -0.1) is 0 Å². The van der Waals surface area contributed by atoms with Crippen LogP contribution in [0, 0.1) is 17.7 Å². The lowest BCUT2D eigenvalue weighted by molar-refractivity contribution is 0.104. The van der Waals surface area contributed by atoms with Crippen LogP contribution in [0.2, 0.25) is 0 Å². The first-order valence-corrected chi connectivity index (χ1v) is 7.50. The van der Waals surface area contributed by atoms with E-state index < -0.39 is 23.5 Å². The lowest BCUT2D eigenvalue weighted by atomic mass is 10.0. The summed E-state index contributed by atoms with van der Waals surface area (Å²) in [5, 5.41) is 2.64. The van der Waals surface area contributed by atoms with E-state index >= 15 is 0 Å². The van der Waals surface area contributed by atoms with E-state index in [1.165, 1.54) is 4.57 Å². The van der Waals surface area contributed by atoms with Crippen LogP contribution in [0.5, 0.6) is 0 Å². The van der Waals surface area contributed by atoms with Crippen LogP contribution >= 0.6 is 0 Å². The monoisotopic (exact) mass is 331 g/mol. The number of carbonyl (C=O) groups excluding carboxylic acids is 1. The largest absolute Gasteiger partial charge is 0.371 e. The SMILES string of the molecule is O=C(c1ccccc1)c1c2n(c3c(F)nc(F)c(F)c13)CCCN2. The molecule has 0 fully saturated rings. The molecule has 0 amide bonds. The third kappa shape index (κ3) is 2.01. The van der Waals surface area contributed by atoms with E-state index in [1.807, 2.05) is 0 Å². The van der Waals surface area contributed by atoms with Gasteiger partial charge in [-0.1, -0.05) is 30.3 Å². The molecule has 0 saturated carbocycles. The van der Waals surface area contributed by atoms with Gasteiger partial charge in [0, 0.05) is 18.7 Å². The zero-order valence-electron chi connectivity index (χ0n) is 12.4. The highest BCUT2D eigenvalue weighted by molar-refractivity contribution is 6.20. The second kappa shape index (κ2) is 5.36. The number of fused-ring (bicyclic) bond motifs is 3. The number of aromatic nitrogens is 2. The van der Waals surface area contributed by atoms with E-state index in [4.69, 9.17) is 0 Å². The fourth-order valence-corrected chi connectivity index (χ4v) is 3.14. The molecule has 4 nitrogen and oxygen atoms in total.